The lowest BCUT2D eigenvalue weighted by Crippen LogP contribution is -2.34. The highest BCUT2D eigenvalue weighted by molar-refractivity contribution is 6.28. The summed E-state index contributed by atoms with van der Waals surface area (Å²) in [6.45, 7) is 5.76. The number of aromatic nitrogens is 2. The van der Waals surface area contributed by atoms with Gasteiger partial charge in [-0.05, 0) is 32.4 Å². The maximum Gasteiger partial charge on any atom is 0.233 e. The summed E-state index contributed by atoms with van der Waals surface area (Å²) in [5.74, 6) is 0.743. The van der Waals surface area contributed by atoms with Crippen LogP contribution in [0.4, 0.5) is 5.82 Å². The average molecular weight is 226 g/mol. The van der Waals surface area contributed by atoms with E-state index in [0.29, 0.717) is 12.2 Å². The Kier molecular flexibility index (Phi) is 2.38. The zero-order valence-corrected chi connectivity index (χ0v) is 9.67. The molecule has 4 nitrogen and oxygen atoms in total. The van der Waals surface area contributed by atoms with Crippen LogP contribution >= 0.6 is 11.6 Å². The van der Waals surface area contributed by atoms with Crippen LogP contribution in [0.5, 0.6) is 0 Å². The van der Waals surface area contributed by atoms with E-state index < -0.39 is 0 Å². The van der Waals surface area contributed by atoms with E-state index in [2.05, 4.69) is 9.97 Å². The second kappa shape index (κ2) is 3.45. The Morgan fingerprint density at radius 1 is 1.40 bits per heavy atom. The van der Waals surface area contributed by atoms with Crippen molar-refractivity contribution < 1.29 is 4.79 Å². The number of carbonyl (C=O) groups is 1. The Morgan fingerprint density at radius 3 is 2.67 bits per heavy atom. The molecule has 5 heteroatoms. The van der Waals surface area contributed by atoms with Crippen LogP contribution in [0.1, 0.15) is 25.1 Å². The first-order valence-electron chi connectivity index (χ1n) is 4.85. The number of rotatable bonds is 1. The van der Waals surface area contributed by atoms with Crippen LogP contribution in [-0.2, 0) is 11.2 Å². The van der Waals surface area contributed by atoms with E-state index in [4.69, 9.17) is 11.6 Å². The molecule has 1 aliphatic heterocycles. The molecule has 0 bridgehead atoms. The molecule has 0 fully saturated rings. The number of hydrogen-bond acceptors (Lipinski definition) is 3. The molecule has 0 saturated heterocycles. The first kappa shape index (κ1) is 10.4. The highest BCUT2D eigenvalue weighted by Crippen LogP contribution is 2.30. The summed E-state index contributed by atoms with van der Waals surface area (Å²) in [5, 5.41) is 0.201. The smallest absolute Gasteiger partial charge is 0.233 e. The van der Waals surface area contributed by atoms with E-state index in [0.717, 1.165) is 11.3 Å². The molecule has 0 aromatic carbocycles. The van der Waals surface area contributed by atoms with E-state index in [9.17, 15) is 4.79 Å². The van der Waals surface area contributed by atoms with Crippen LogP contribution in [0.3, 0.4) is 0 Å². The number of hydrogen-bond donors (Lipinski definition) is 0. The predicted molar refractivity (Wildman–Crippen MR) is 58.1 cm³/mol. The molecule has 0 aliphatic carbocycles. The minimum Gasteiger partial charge on any atom is -0.294 e. The lowest BCUT2D eigenvalue weighted by molar-refractivity contribution is -0.117. The first-order valence-corrected chi connectivity index (χ1v) is 5.23. The summed E-state index contributed by atoms with van der Waals surface area (Å²) < 4.78 is 0. The van der Waals surface area contributed by atoms with Gasteiger partial charge in [-0.1, -0.05) is 0 Å². The van der Waals surface area contributed by atoms with Crippen molar-refractivity contribution in [3.8, 4) is 0 Å². The Balaban J connectivity index is 2.58. The van der Waals surface area contributed by atoms with Crippen molar-refractivity contribution in [3.63, 3.8) is 0 Å². The third kappa shape index (κ3) is 1.59. The fourth-order valence-electron chi connectivity index (χ4n) is 1.84. The lowest BCUT2D eigenvalue weighted by atomic mass is 10.2. The molecule has 0 atom stereocenters. The van der Waals surface area contributed by atoms with Crippen molar-refractivity contribution in [2.45, 2.75) is 33.2 Å². The van der Waals surface area contributed by atoms with Gasteiger partial charge >= 0.3 is 0 Å². The fraction of sp³-hybridized carbons (Fsp3) is 0.500. The molecular formula is C10H12ClN3O. The fourth-order valence-corrected chi connectivity index (χ4v) is 2.05. The van der Waals surface area contributed by atoms with Crippen molar-refractivity contribution in [1.82, 2.24) is 9.97 Å². The monoisotopic (exact) mass is 225 g/mol. The maximum absolute atomic E-state index is 11.8. The molecule has 0 radical (unpaired) electrons. The average Bonchev–Trinajstić information content (AvgIpc) is 2.41. The summed E-state index contributed by atoms with van der Waals surface area (Å²) in [5.41, 5.74) is 1.69. The van der Waals surface area contributed by atoms with Gasteiger partial charge in [0.1, 0.15) is 5.82 Å². The molecule has 0 N–H and O–H groups in total. The van der Waals surface area contributed by atoms with E-state index in [1.807, 2.05) is 20.8 Å². The van der Waals surface area contributed by atoms with Crippen LogP contribution in [0.25, 0.3) is 0 Å². The molecule has 2 rings (SSSR count). The molecule has 0 unspecified atom stereocenters. The number of carbonyl (C=O) groups excluding carboxylic acids is 1. The zero-order chi connectivity index (χ0) is 11.2. The number of aryl methyl sites for hydroxylation is 1. The minimum absolute atomic E-state index is 0.0691. The molecule has 1 aromatic heterocycles. The van der Waals surface area contributed by atoms with E-state index in [1.54, 1.807) is 4.90 Å². The van der Waals surface area contributed by atoms with Crippen molar-refractivity contribution in [2.24, 2.45) is 0 Å². The summed E-state index contributed by atoms with van der Waals surface area (Å²) in [6.07, 6.45) is 0.385. The quantitative estimate of drug-likeness (QED) is 0.684. The number of anilines is 1. The third-order valence-corrected chi connectivity index (χ3v) is 2.68. The van der Waals surface area contributed by atoms with Crippen LogP contribution in [0.15, 0.2) is 0 Å². The molecule has 0 saturated carbocycles. The largest absolute Gasteiger partial charge is 0.294 e. The van der Waals surface area contributed by atoms with E-state index in [1.165, 1.54) is 0 Å². The van der Waals surface area contributed by atoms with Crippen LogP contribution in [0, 0.1) is 6.92 Å². The van der Waals surface area contributed by atoms with Gasteiger partial charge in [0, 0.05) is 17.3 Å². The van der Waals surface area contributed by atoms with Gasteiger partial charge in [0.25, 0.3) is 0 Å². The Bertz CT molecular complexity index is 431. The highest BCUT2D eigenvalue weighted by Gasteiger charge is 2.32. The summed E-state index contributed by atoms with van der Waals surface area (Å²) >= 11 is 5.79. The number of fused-ring (bicyclic) bond motifs is 1. The first-order chi connectivity index (χ1) is 7.00. The van der Waals surface area contributed by atoms with Gasteiger partial charge in [-0.2, -0.15) is 4.98 Å². The van der Waals surface area contributed by atoms with Crippen LogP contribution < -0.4 is 4.90 Å². The third-order valence-electron chi connectivity index (χ3n) is 2.51. The number of amides is 1. The number of nitrogens with zero attached hydrogens (tertiary/aromatic N) is 3. The van der Waals surface area contributed by atoms with Crippen molar-refractivity contribution in [3.05, 3.63) is 16.5 Å². The van der Waals surface area contributed by atoms with Gasteiger partial charge in [0.15, 0.2) is 0 Å². The summed E-state index contributed by atoms with van der Waals surface area (Å²) in [7, 11) is 0. The molecule has 80 valence electrons. The summed E-state index contributed by atoms with van der Waals surface area (Å²) in [4.78, 5) is 21.6. The highest BCUT2D eigenvalue weighted by atomic mass is 35.5. The van der Waals surface area contributed by atoms with Gasteiger partial charge in [0.2, 0.25) is 11.2 Å². The lowest BCUT2D eigenvalue weighted by Gasteiger charge is -2.20. The predicted octanol–water partition coefficient (Wildman–Crippen LogP) is 1.74. The second-order valence-corrected chi connectivity index (χ2v) is 4.25. The molecule has 1 aliphatic rings. The van der Waals surface area contributed by atoms with Crippen molar-refractivity contribution in [2.75, 3.05) is 4.90 Å². The molecule has 1 amide bonds. The van der Waals surface area contributed by atoms with Gasteiger partial charge in [-0.3, -0.25) is 9.69 Å². The summed E-state index contributed by atoms with van der Waals surface area (Å²) in [6, 6.07) is 0.101. The van der Waals surface area contributed by atoms with Crippen molar-refractivity contribution >= 4 is 23.3 Å². The Hall–Kier alpha value is -1.16. The van der Waals surface area contributed by atoms with Gasteiger partial charge in [-0.15, -0.1) is 0 Å². The normalized spacial score (nSPS) is 15.0. The van der Waals surface area contributed by atoms with Gasteiger partial charge in [0.05, 0.1) is 6.42 Å². The number of halogens is 1. The zero-order valence-electron chi connectivity index (χ0n) is 8.91. The molecule has 0 spiro atoms. The van der Waals surface area contributed by atoms with E-state index >= 15 is 0 Å². The maximum atomic E-state index is 11.8. The second-order valence-electron chi connectivity index (χ2n) is 3.91. The van der Waals surface area contributed by atoms with Gasteiger partial charge < -0.3 is 0 Å². The molecule has 15 heavy (non-hydrogen) atoms. The van der Waals surface area contributed by atoms with Crippen molar-refractivity contribution in [1.29, 1.82) is 0 Å². The Morgan fingerprint density at radius 2 is 2.07 bits per heavy atom. The molecule has 2 heterocycles. The van der Waals surface area contributed by atoms with E-state index in [-0.39, 0.29) is 17.2 Å². The van der Waals surface area contributed by atoms with Gasteiger partial charge in [-0.25, -0.2) is 4.98 Å². The SMILES string of the molecule is Cc1nc(Cl)nc2c1CC(=O)N2C(C)C. The molecule has 1 aromatic rings. The standard InChI is InChI=1S/C10H12ClN3O/c1-5(2)14-8(15)4-7-6(3)12-10(11)13-9(7)14/h5H,4H2,1-3H3. The minimum atomic E-state index is 0.0691. The molecular weight excluding hydrogens is 214 g/mol. The van der Waals surface area contributed by atoms with Crippen LogP contribution in [-0.4, -0.2) is 21.9 Å². The Labute approximate surface area is 93.3 Å². The topological polar surface area (TPSA) is 46.1 Å². The van der Waals surface area contributed by atoms with Crippen LogP contribution in [0.2, 0.25) is 5.28 Å².